The van der Waals surface area contributed by atoms with Crippen LogP contribution in [0.5, 0.6) is 11.6 Å². The summed E-state index contributed by atoms with van der Waals surface area (Å²) in [6.45, 7) is 4.66. The summed E-state index contributed by atoms with van der Waals surface area (Å²) in [5.41, 5.74) is 4.74. The van der Waals surface area contributed by atoms with Gasteiger partial charge in [0.2, 0.25) is 5.88 Å². The number of ether oxygens (including phenoxy) is 2. The molecule has 30 heavy (non-hydrogen) atoms. The Morgan fingerprint density at radius 1 is 1.10 bits per heavy atom. The first kappa shape index (κ1) is 18.9. The smallest absolute Gasteiger partial charge is 0.222 e. The number of aryl methyl sites for hydroxylation is 2. The fourth-order valence-corrected chi connectivity index (χ4v) is 4.68. The molecule has 6 nitrogen and oxygen atoms in total. The molecule has 0 saturated heterocycles. The van der Waals surface area contributed by atoms with Crippen LogP contribution in [0.2, 0.25) is 0 Å². The lowest BCUT2D eigenvalue weighted by Gasteiger charge is -2.11. The van der Waals surface area contributed by atoms with Crippen molar-refractivity contribution in [1.29, 1.82) is 0 Å². The quantitative estimate of drug-likeness (QED) is 0.441. The van der Waals surface area contributed by atoms with Crippen molar-refractivity contribution >= 4 is 22.4 Å². The largest absolute Gasteiger partial charge is 0.495 e. The van der Waals surface area contributed by atoms with Gasteiger partial charge in [-0.25, -0.2) is 9.97 Å². The molecule has 4 aromatic heterocycles. The zero-order chi connectivity index (χ0) is 20.7. The SMILES string of the molecule is COc1ccc(C2C[C@@H]2COc2nc3cccnc3cc2-c2sc(C)nc2C)nc1. The first-order chi connectivity index (χ1) is 14.6. The Labute approximate surface area is 179 Å². The number of hydrogen-bond acceptors (Lipinski definition) is 7. The molecule has 1 fully saturated rings. The van der Waals surface area contributed by atoms with Gasteiger partial charge in [-0.15, -0.1) is 11.3 Å². The second kappa shape index (κ2) is 7.65. The number of pyridine rings is 3. The first-order valence-corrected chi connectivity index (χ1v) is 10.8. The number of fused-ring (bicyclic) bond motifs is 1. The van der Waals surface area contributed by atoms with Crippen LogP contribution in [-0.2, 0) is 0 Å². The Morgan fingerprint density at radius 3 is 2.73 bits per heavy atom. The molecule has 1 aliphatic carbocycles. The molecule has 1 saturated carbocycles. The minimum atomic E-state index is 0.425. The average molecular weight is 419 g/mol. The van der Waals surface area contributed by atoms with Crippen molar-refractivity contribution in [2.24, 2.45) is 5.92 Å². The third kappa shape index (κ3) is 3.61. The van der Waals surface area contributed by atoms with Gasteiger partial charge in [0, 0.05) is 23.7 Å². The van der Waals surface area contributed by atoms with E-state index in [4.69, 9.17) is 14.5 Å². The number of hydrogen-bond donors (Lipinski definition) is 0. The van der Waals surface area contributed by atoms with E-state index < -0.39 is 0 Å². The summed E-state index contributed by atoms with van der Waals surface area (Å²) in [7, 11) is 1.65. The fourth-order valence-electron chi connectivity index (χ4n) is 3.75. The van der Waals surface area contributed by atoms with Crippen LogP contribution in [0.25, 0.3) is 21.5 Å². The third-order valence-corrected chi connectivity index (χ3v) is 6.54. The molecule has 1 aliphatic rings. The lowest BCUT2D eigenvalue weighted by Crippen LogP contribution is -2.04. The van der Waals surface area contributed by atoms with E-state index in [1.807, 2.05) is 38.1 Å². The lowest BCUT2D eigenvalue weighted by atomic mass is 10.1. The predicted molar refractivity (Wildman–Crippen MR) is 117 cm³/mol. The van der Waals surface area contributed by atoms with Gasteiger partial charge in [-0.2, -0.15) is 0 Å². The molecule has 4 aromatic rings. The van der Waals surface area contributed by atoms with E-state index >= 15 is 0 Å². The van der Waals surface area contributed by atoms with Gasteiger partial charge in [0.25, 0.3) is 0 Å². The maximum atomic E-state index is 6.27. The molecule has 1 unspecified atom stereocenters. The van der Waals surface area contributed by atoms with Gasteiger partial charge in [0.1, 0.15) is 5.75 Å². The topological polar surface area (TPSA) is 70.0 Å². The zero-order valence-electron chi connectivity index (χ0n) is 17.1. The molecule has 7 heteroatoms. The van der Waals surface area contributed by atoms with E-state index in [-0.39, 0.29) is 0 Å². The van der Waals surface area contributed by atoms with Crippen molar-refractivity contribution in [3.8, 4) is 22.1 Å². The van der Waals surface area contributed by atoms with E-state index in [2.05, 4.69) is 21.0 Å². The summed E-state index contributed by atoms with van der Waals surface area (Å²) in [6, 6.07) is 9.92. The number of thiazole rings is 1. The van der Waals surface area contributed by atoms with Crippen molar-refractivity contribution < 1.29 is 9.47 Å². The molecule has 0 N–H and O–H groups in total. The average Bonchev–Trinajstić information content (AvgIpc) is 3.47. The van der Waals surface area contributed by atoms with Crippen LogP contribution in [0.1, 0.15) is 28.7 Å². The molecular weight excluding hydrogens is 396 g/mol. The monoisotopic (exact) mass is 418 g/mol. The maximum Gasteiger partial charge on any atom is 0.222 e. The molecule has 0 radical (unpaired) electrons. The van der Waals surface area contributed by atoms with E-state index in [9.17, 15) is 0 Å². The molecule has 152 valence electrons. The second-order valence-corrected chi connectivity index (χ2v) is 8.77. The molecule has 0 aromatic carbocycles. The van der Waals surface area contributed by atoms with Crippen LogP contribution in [-0.4, -0.2) is 33.7 Å². The summed E-state index contributed by atoms with van der Waals surface area (Å²) in [5, 5.41) is 1.03. The van der Waals surface area contributed by atoms with Gasteiger partial charge in [0.05, 0.1) is 52.1 Å². The Hall–Kier alpha value is -3.06. The van der Waals surface area contributed by atoms with Gasteiger partial charge in [0.15, 0.2) is 0 Å². The van der Waals surface area contributed by atoms with Crippen LogP contribution in [0.3, 0.4) is 0 Å². The molecule has 2 atom stereocenters. The minimum Gasteiger partial charge on any atom is -0.495 e. The highest BCUT2D eigenvalue weighted by Crippen LogP contribution is 2.47. The molecule has 0 spiro atoms. The third-order valence-electron chi connectivity index (χ3n) is 5.43. The predicted octanol–water partition coefficient (Wildman–Crippen LogP) is 4.96. The summed E-state index contributed by atoms with van der Waals surface area (Å²) in [5.74, 6) is 2.29. The van der Waals surface area contributed by atoms with E-state index in [1.54, 1.807) is 30.8 Å². The van der Waals surface area contributed by atoms with E-state index in [0.717, 1.165) is 50.0 Å². The normalized spacial score (nSPS) is 17.8. The lowest BCUT2D eigenvalue weighted by molar-refractivity contribution is 0.288. The summed E-state index contributed by atoms with van der Waals surface area (Å²) in [6.07, 6.45) is 4.63. The number of rotatable bonds is 6. The second-order valence-electron chi connectivity index (χ2n) is 7.57. The molecule has 0 bridgehead atoms. The number of methoxy groups -OCH3 is 1. The highest BCUT2D eigenvalue weighted by atomic mass is 32.1. The number of nitrogens with zero attached hydrogens (tertiary/aromatic N) is 4. The van der Waals surface area contributed by atoms with Crippen LogP contribution in [0, 0.1) is 19.8 Å². The van der Waals surface area contributed by atoms with Crippen LogP contribution in [0.4, 0.5) is 0 Å². The molecule has 5 rings (SSSR count). The zero-order valence-corrected chi connectivity index (χ0v) is 17.9. The fraction of sp³-hybridized carbons (Fsp3) is 0.304. The van der Waals surface area contributed by atoms with Crippen LogP contribution >= 0.6 is 11.3 Å². The standard InChI is InChI=1S/C23H22N4O2S/c1-13-22(30-14(2)26-13)18-10-21-20(5-4-8-24-21)27-23(18)29-12-15-9-17(15)19-7-6-16(28-3)11-25-19/h4-8,10-11,15,17H,9,12H2,1-3H3/t15-,17?/m1/s1. The van der Waals surface area contributed by atoms with Crippen molar-refractivity contribution in [3.05, 3.63) is 59.1 Å². The van der Waals surface area contributed by atoms with Gasteiger partial charge in [-0.05, 0) is 50.6 Å². The maximum absolute atomic E-state index is 6.27. The van der Waals surface area contributed by atoms with Crippen molar-refractivity contribution in [2.75, 3.05) is 13.7 Å². The van der Waals surface area contributed by atoms with Crippen molar-refractivity contribution in [2.45, 2.75) is 26.2 Å². The first-order valence-electron chi connectivity index (χ1n) is 9.95. The number of aromatic nitrogens is 4. The Kier molecular flexibility index (Phi) is 4.83. The van der Waals surface area contributed by atoms with E-state index in [1.165, 1.54) is 0 Å². The highest BCUT2D eigenvalue weighted by molar-refractivity contribution is 7.15. The van der Waals surface area contributed by atoms with Crippen LogP contribution < -0.4 is 9.47 Å². The van der Waals surface area contributed by atoms with Gasteiger partial charge in [-0.1, -0.05) is 0 Å². The van der Waals surface area contributed by atoms with E-state index in [0.29, 0.717) is 24.3 Å². The summed E-state index contributed by atoms with van der Waals surface area (Å²) >= 11 is 1.66. The minimum absolute atomic E-state index is 0.425. The van der Waals surface area contributed by atoms with Gasteiger partial charge in [-0.3, -0.25) is 9.97 Å². The molecular formula is C23H22N4O2S. The Balaban J connectivity index is 1.40. The van der Waals surface area contributed by atoms with Crippen molar-refractivity contribution in [1.82, 2.24) is 19.9 Å². The molecule has 0 aliphatic heterocycles. The van der Waals surface area contributed by atoms with Crippen LogP contribution in [0.15, 0.2) is 42.7 Å². The van der Waals surface area contributed by atoms with Gasteiger partial charge < -0.3 is 9.47 Å². The van der Waals surface area contributed by atoms with Crippen molar-refractivity contribution in [3.63, 3.8) is 0 Å². The van der Waals surface area contributed by atoms with Gasteiger partial charge >= 0.3 is 0 Å². The summed E-state index contributed by atoms with van der Waals surface area (Å²) < 4.78 is 11.5. The Morgan fingerprint density at radius 2 is 2.00 bits per heavy atom. The summed E-state index contributed by atoms with van der Waals surface area (Å²) in [4.78, 5) is 19.4. The molecule has 0 amide bonds. The highest BCUT2D eigenvalue weighted by Gasteiger charge is 2.40. The Bertz CT molecular complexity index is 1210. The molecule has 4 heterocycles.